The summed E-state index contributed by atoms with van der Waals surface area (Å²) in [5.41, 5.74) is 2.34. The van der Waals surface area contributed by atoms with Gasteiger partial charge in [0.2, 0.25) is 0 Å². The van der Waals surface area contributed by atoms with Gasteiger partial charge >= 0.3 is 0 Å². The predicted molar refractivity (Wildman–Crippen MR) is 71.8 cm³/mol. The molecule has 1 rings (SSSR count). The van der Waals surface area contributed by atoms with Crippen LogP contribution >= 0.6 is 0 Å². The van der Waals surface area contributed by atoms with Crippen molar-refractivity contribution in [1.82, 2.24) is 5.32 Å². The number of aryl methyl sites for hydroxylation is 2. The normalized spacial score (nSPS) is 12.7. The zero-order chi connectivity index (χ0) is 12.7. The lowest BCUT2D eigenvalue weighted by atomic mass is 10.0. The zero-order valence-electron chi connectivity index (χ0n) is 11.2. The highest BCUT2D eigenvalue weighted by Gasteiger charge is 2.03. The van der Waals surface area contributed by atoms with Gasteiger partial charge in [0.15, 0.2) is 0 Å². The molecule has 0 bridgehead atoms. The first-order valence-electron chi connectivity index (χ1n) is 6.62. The summed E-state index contributed by atoms with van der Waals surface area (Å²) < 4.78 is 12.9. The van der Waals surface area contributed by atoms with E-state index >= 15 is 0 Å². The van der Waals surface area contributed by atoms with Gasteiger partial charge in [-0.15, -0.1) is 0 Å². The lowest BCUT2D eigenvalue weighted by Crippen LogP contribution is -2.26. The molecule has 0 fully saturated rings. The summed E-state index contributed by atoms with van der Waals surface area (Å²) in [7, 11) is 0. The summed E-state index contributed by atoms with van der Waals surface area (Å²) in [5, 5.41) is 3.48. The van der Waals surface area contributed by atoms with Crippen molar-refractivity contribution in [2.75, 3.05) is 6.54 Å². The van der Waals surface area contributed by atoms with E-state index in [2.05, 4.69) is 19.2 Å². The summed E-state index contributed by atoms with van der Waals surface area (Å²) >= 11 is 0. The second-order valence-electron chi connectivity index (χ2n) is 4.82. The standard InChI is InChI=1S/C15H24FN/c1-4-10-17-13(3)6-5-7-14-8-9-15(16)11-12(14)2/h8-9,11,13,17H,4-7,10H2,1-3H3. The van der Waals surface area contributed by atoms with Crippen LogP contribution in [0.2, 0.25) is 0 Å². The Morgan fingerprint density at radius 1 is 1.35 bits per heavy atom. The Bertz CT molecular complexity index is 336. The quantitative estimate of drug-likeness (QED) is 0.759. The lowest BCUT2D eigenvalue weighted by molar-refractivity contribution is 0.498. The van der Waals surface area contributed by atoms with E-state index in [-0.39, 0.29) is 5.82 Å². The third-order valence-electron chi connectivity index (χ3n) is 3.13. The molecule has 0 heterocycles. The maximum atomic E-state index is 12.9. The fraction of sp³-hybridized carbons (Fsp3) is 0.600. The zero-order valence-corrected chi connectivity index (χ0v) is 11.2. The molecule has 0 saturated carbocycles. The molecule has 1 aromatic carbocycles. The van der Waals surface area contributed by atoms with Gasteiger partial charge in [0.05, 0.1) is 0 Å². The molecular formula is C15H24FN. The van der Waals surface area contributed by atoms with E-state index in [0.29, 0.717) is 6.04 Å². The van der Waals surface area contributed by atoms with Crippen LogP contribution < -0.4 is 5.32 Å². The van der Waals surface area contributed by atoms with Crippen LogP contribution in [0.3, 0.4) is 0 Å². The molecule has 0 radical (unpaired) electrons. The summed E-state index contributed by atoms with van der Waals surface area (Å²) in [6.07, 6.45) is 4.56. The van der Waals surface area contributed by atoms with Gasteiger partial charge in [-0.1, -0.05) is 13.0 Å². The third kappa shape index (κ3) is 5.31. The molecule has 0 aliphatic heterocycles. The van der Waals surface area contributed by atoms with Crippen LogP contribution in [-0.4, -0.2) is 12.6 Å². The average molecular weight is 237 g/mol. The van der Waals surface area contributed by atoms with Crippen molar-refractivity contribution < 1.29 is 4.39 Å². The first-order valence-corrected chi connectivity index (χ1v) is 6.62. The van der Waals surface area contributed by atoms with Crippen molar-refractivity contribution in [3.8, 4) is 0 Å². The van der Waals surface area contributed by atoms with E-state index in [0.717, 1.165) is 24.9 Å². The van der Waals surface area contributed by atoms with E-state index in [9.17, 15) is 4.39 Å². The molecular weight excluding hydrogens is 213 g/mol. The van der Waals surface area contributed by atoms with E-state index in [1.807, 2.05) is 13.0 Å². The molecule has 96 valence electrons. The molecule has 1 unspecified atom stereocenters. The highest BCUT2D eigenvalue weighted by Crippen LogP contribution is 2.13. The van der Waals surface area contributed by atoms with Gasteiger partial charge in [-0.2, -0.15) is 0 Å². The van der Waals surface area contributed by atoms with Gasteiger partial charge in [0.25, 0.3) is 0 Å². The van der Waals surface area contributed by atoms with Gasteiger partial charge in [-0.3, -0.25) is 0 Å². The second-order valence-corrected chi connectivity index (χ2v) is 4.82. The third-order valence-corrected chi connectivity index (χ3v) is 3.13. The van der Waals surface area contributed by atoms with Crippen LogP contribution in [0.15, 0.2) is 18.2 Å². The molecule has 17 heavy (non-hydrogen) atoms. The van der Waals surface area contributed by atoms with Crippen molar-refractivity contribution in [2.24, 2.45) is 0 Å². The van der Waals surface area contributed by atoms with Crippen LogP contribution in [0.25, 0.3) is 0 Å². The van der Waals surface area contributed by atoms with Crippen LogP contribution in [0.4, 0.5) is 4.39 Å². The maximum Gasteiger partial charge on any atom is 0.123 e. The van der Waals surface area contributed by atoms with Crippen molar-refractivity contribution in [1.29, 1.82) is 0 Å². The summed E-state index contributed by atoms with van der Waals surface area (Å²) in [4.78, 5) is 0. The van der Waals surface area contributed by atoms with Crippen LogP contribution in [0, 0.1) is 12.7 Å². The summed E-state index contributed by atoms with van der Waals surface area (Å²) in [6.45, 7) is 7.49. The fourth-order valence-electron chi connectivity index (χ4n) is 2.03. The Hall–Kier alpha value is -0.890. The van der Waals surface area contributed by atoms with Gasteiger partial charge in [0.1, 0.15) is 5.82 Å². The monoisotopic (exact) mass is 237 g/mol. The molecule has 1 aromatic rings. The minimum Gasteiger partial charge on any atom is -0.314 e. The molecule has 1 nitrogen and oxygen atoms in total. The maximum absolute atomic E-state index is 12.9. The molecule has 1 atom stereocenters. The average Bonchev–Trinajstić information content (AvgIpc) is 2.29. The molecule has 0 aliphatic carbocycles. The lowest BCUT2D eigenvalue weighted by Gasteiger charge is -2.13. The highest BCUT2D eigenvalue weighted by atomic mass is 19.1. The van der Waals surface area contributed by atoms with Gasteiger partial charge in [0, 0.05) is 6.04 Å². The Labute approximate surface area is 104 Å². The van der Waals surface area contributed by atoms with Crippen molar-refractivity contribution in [2.45, 2.75) is 52.5 Å². The van der Waals surface area contributed by atoms with E-state index < -0.39 is 0 Å². The molecule has 1 N–H and O–H groups in total. The number of hydrogen-bond donors (Lipinski definition) is 1. The Balaban J connectivity index is 2.30. The first-order chi connectivity index (χ1) is 8.13. The predicted octanol–water partition coefficient (Wildman–Crippen LogP) is 3.84. The number of rotatable bonds is 7. The minimum absolute atomic E-state index is 0.135. The Morgan fingerprint density at radius 3 is 2.76 bits per heavy atom. The fourth-order valence-corrected chi connectivity index (χ4v) is 2.03. The molecule has 0 saturated heterocycles. The molecule has 0 aromatic heterocycles. The minimum atomic E-state index is -0.135. The second kappa shape index (κ2) is 7.44. The van der Waals surface area contributed by atoms with Crippen molar-refractivity contribution in [3.63, 3.8) is 0 Å². The first kappa shape index (κ1) is 14.2. The van der Waals surface area contributed by atoms with Crippen LogP contribution in [-0.2, 0) is 6.42 Å². The smallest absolute Gasteiger partial charge is 0.123 e. The molecule has 0 spiro atoms. The Kier molecular flexibility index (Phi) is 6.20. The van der Waals surface area contributed by atoms with Crippen LogP contribution in [0.5, 0.6) is 0 Å². The van der Waals surface area contributed by atoms with E-state index in [1.54, 1.807) is 12.1 Å². The van der Waals surface area contributed by atoms with E-state index in [4.69, 9.17) is 0 Å². The highest BCUT2D eigenvalue weighted by molar-refractivity contribution is 5.26. The molecule has 0 amide bonds. The number of nitrogens with one attached hydrogen (secondary N) is 1. The molecule has 2 heteroatoms. The number of halogens is 1. The largest absolute Gasteiger partial charge is 0.314 e. The Morgan fingerprint density at radius 2 is 2.12 bits per heavy atom. The van der Waals surface area contributed by atoms with Crippen molar-refractivity contribution >= 4 is 0 Å². The van der Waals surface area contributed by atoms with Crippen molar-refractivity contribution in [3.05, 3.63) is 35.1 Å². The number of benzene rings is 1. The van der Waals surface area contributed by atoms with Gasteiger partial charge in [-0.05, 0) is 69.3 Å². The SMILES string of the molecule is CCCNC(C)CCCc1ccc(F)cc1C. The van der Waals surface area contributed by atoms with Gasteiger partial charge < -0.3 is 5.32 Å². The molecule has 0 aliphatic rings. The van der Waals surface area contributed by atoms with Crippen LogP contribution in [0.1, 0.15) is 44.2 Å². The summed E-state index contributed by atoms with van der Waals surface area (Å²) in [5.74, 6) is -0.135. The number of hydrogen-bond acceptors (Lipinski definition) is 1. The van der Waals surface area contributed by atoms with E-state index in [1.165, 1.54) is 18.4 Å². The summed E-state index contributed by atoms with van der Waals surface area (Å²) in [6, 6.07) is 5.67. The van der Waals surface area contributed by atoms with Gasteiger partial charge in [-0.25, -0.2) is 4.39 Å². The topological polar surface area (TPSA) is 12.0 Å².